The third-order valence-electron chi connectivity index (χ3n) is 9.94. The summed E-state index contributed by atoms with van der Waals surface area (Å²) in [6.45, 7) is -0.346. The lowest BCUT2D eigenvalue weighted by molar-refractivity contribution is -0.138. The van der Waals surface area contributed by atoms with Crippen LogP contribution in [-0.4, -0.2) is 33.3 Å². The lowest BCUT2D eigenvalue weighted by Crippen LogP contribution is -2.54. The number of hydrogen-bond donors (Lipinski definition) is 1. The third kappa shape index (κ3) is 6.72. The molecule has 0 atom stereocenters. The number of aromatic nitrogens is 1. The van der Waals surface area contributed by atoms with Crippen LogP contribution in [0.5, 0.6) is 0 Å². The molecule has 1 spiro atoms. The van der Waals surface area contributed by atoms with Crippen molar-refractivity contribution in [1.82, 2.24) is 15.4 Å². The van der Waals surface area contributed by atoms with Gasteiger partial charge in [-0.15, -0.1) is 0 Å². The maximum absolute atomic E-state index is 15.6. The van der Waals surface area contributed by atoms with E-state index in [4.69, 9.17) is 10.1 Å². The Kier molecular flexibility index (Phi) is 9.77. The van der Waals surface area contributed by atoms with Gasteiger partial charge in [0, 0.05) is 11.6 Å². The zero-order chi connectivity index (χ0) is 38.8. The molecule has 2 aliphatic rings. The van der Waals surface area contributed by atoms with E-state index < -0.39 is 57.9 Å². The Labute approximate surface area is 313 Å². The molecule has 276 valence electrons. The second kappa shape index (κ2) is 14.6. The maximum Gasteiger partial charge on any atom is 0.419 e. The first-order valence-electron chi connectivity index (χ1n) is 17.2. The Morgan fingerprint density at radius 1 is 0.891 bits per heavy atom. The van der Waals surface area contributed by atoms with Crippen LogP contribution in [0.15, 0.2) is 128 Å². The van der Waals surface area contributed by atoms with E-state index in [0.717, 1.165) is 29.0 Å². The predicted molar refractivity (Wildman–Crippen MR) is 193 cm³/mol. The summed E-state index contributed by atoms with van der Waals surface area (Å²) in [5, 5.41) is 9.12. The van der Waals surface area contributed by atoms with Gasteiger partial charge < -0.3 is 4.90 Å². The van der Waals surface area contributed by atoms with Crippen LogP contribution in [0.1, 0.15) is 58.3 Å². The van der Waals surface area contributed by atoms with Crippen LogP contribution in [-0.2, 0) is 32.7 Å². The summed E-state index contributed by atoms with van der Waals surface area (Å²) < 4.78 is 56.7. The third-order valence-corrected chi connectivity index (χ3v) is 9.94. The van der Waals surface area contributed by atoms with Gasteiger partial charge in [0.25, 0.3) is 11.8 Å². The summed E-state index contributed by atoms with van der Waals surface area (Å²) in [6.07, 6.45) is -0.468. The zero-order valence-electron chi connectivity index (χ0n) is 29.0. The summed E-state index contributed by atoms with van der Waals surface area (Å²) in [4.78, 5) is 52.1. The Bertz CT molecular complexity index is 2230. The second-order valence-corrected chi connectivity index (χ2v) is 13.1. The molecule has 1 saturated heterocycles. The van der Waals surface area contributed by atoms with Crippen molar-refractivity contribution in [3.8, 4) is 6.07 Å². The number of hydrogen-bond acceptors (Lipinski definition) is 6. The number of amides is 4. The molecular weight excluding hydrogens is 714 g/mol. The van der Waals surface area contributed by atoms with Crippen LogP contribution >= 0.6 is 0 Å². The number of nitrogens with zero attached hydrogens (tertiary/aromatic N) is 4. The molecule has 1 saturated carbocycles. The smallest absolute Gasteiger partial charge is 0.305 e. The van der Waals surface area contributed by atoms with Gasteiger partial charge in [-0.3, -0.25) is 14.4 Å². The molecule has 4 amide bonds. The van der Waals surface area contributed by atoms with E-state index in [2.05, 4.69) is 10.5 Å². The van der Waals surface area contributed by atoms with E-state index in [1.807, 2.05) is 91.0 Å². The van der Waals surface area contributed by atoms with Gasteiger partial charge in [0.1, 0.15) is 17.4 Å². The Morgan fingerprint density at radius 3 is 1.96 bits per heavy atom. The van der Waals surface area contributed by atoms with Crippen molar-refractivity contribution in [3.05, 3.63) is 172 Å². The van der Waals surface area contributed by atoms with Crippen molar-refractivity contribution >= 4 is 29.6 Å². The average molecular weight is 746 g/mol. The number of nitrogens with one attached hydrogen (secondary N) is 1. The van der Waals surface area contributed by atoms with Crippen molar-refractivity contribution in [2.75, 3.05) is 4.90 Å². The van der Waals surface area contributed by atoms with Crippen molar-refractivity contribution in [2.45, 2.75) is 43.1 Å². The van der Waals surface area contributed by atoms with Crippen molar-refractivity contribution in [2.24, 2.45) is 0 Å². The summed E-state index contributed by atoms with van der Waals surface area (Å²) in [5.41, 5.74) is -0.107. The number of urea groups is 1. The van der Waals surface area contributed by atoms with Crippen molar-refractivity contribution in [1.29, 1.82) is 5.26 Å². The first-order chi connectivity index (χ1) is 26.5. The fourth-order valence-corrected chi connectivity index (χ4v) is 7.03. The number of halogens is 4. The highest BCUT2D eigenvalue weighted by Crippen LogP contribution is 2.47. The number of pyridine rings is 1. The van der Waals surface area contributed by atoms with E-state index in [1.54, 1.807) is 0 Å². The first-order valence-corrected chi connectivity index (χ1v) is 17.2. The number of rotatable bonds is 10. The van der Waals surface area contributed by atoms with Gasteiger partial charge >= 0.3 is 12.2 Å². The SMILES string of the molecule is N#Cc1ncc(N2C(=O)N(Cc3ccc(/C=C/C(=O)NOC(c4ccccc4)(c4ccccc4)c4ccccc4)cc3F)C3(CCC3)C2=O)cc1C(F)(F)F. The number of carbonyl (C=O) groups excluding carboxylic acids is 3. The van der Waals surface area contributed by atoms with Crippen LogP contribution in [0, 0.1) is 17.1 Å². The molecule has 2 heterocycles. The van der Waals surface area contributed by atoms with Gasteiger partial charge in [0.05, 0.1) is 24.0 Å². The molecule has 1 aliphatic heterocycles. The Balaban J connectivity index is 1.09. The van der Waals surface area contributed by atoms with E-state index in [0.29, 0.717) is 23.0 Å². The Morgan fingerprint density at radius 2 is 1.47 bits per heavy atom. The molecule has 0 bridgehead atoms. The molecule has 2 fully saturated rings. The average Bonchev–Trinajstić information content (AvgIpc) is 3.41. The van der Waals surface area contributed by atoms with Gasteiger partial charge in [-0.05, 0) is 59.7 Å². The summed E-state index contributed by atoms with van der Waals surface area (Å²) in [6, 6.07) is 33.4. The van der Waals surface area contributed by atoms with E-state index in [1.165, 1.54) is 35.3 Å². The lowest BCUT2D eigenvalue weighted by atomic mass is 9.75. The highest BCUT2D eigenvalue weighted by atomic mass is 19.4. The molecule has 1 aliphatic carbocycles. The van der Waals surface area contributed by atoms with E-state index in [-0.39, 0.29) is 24.9 Å². The highest BCUT2D eigenvalue weighted by molar-refractivity contribution is 6.23. The molecule has 1 aromatic heterocycles. The number of carbonyl (C=O) groups is 3. The predicted octanol–water partition coefficient (Wildman–Crippen LogP) is 8.06. The van der Waals surface area contributed by atoms with Gasteiger partial charge in [-0.1, -0.05) is 103 Å². The molecule has 5 aromatic rings. The Hall–Kier alpha value is -6.65. The first kappa shape index (κ1) is 36.7. The molecule has 55 heavy (non-hydrogen) atoms. The van der Waals surface area contributed by atoms with Crippen molar-refractivity contribution in [3.63, 3.8) is 0 Å². The molecule has 13 heteroatoms. The minimum atomic E-state index is -4.96. The quantitative estimate of drug-likeness (QED) is 0.0509. The minimum absolute atomic E-state index is 0.0477. The van der Waals surface area contributed by atoms with Gasteiger partial charge in [0.2, 0.25) is 0 Å². The molecule has 9 nitrogen and oxygen atoms in total. The van der Waals surface area contributed by atoms with Crippen LogP contribution in [0.4, 0.5) is 28.0 Å². The molecule has 0 unspecified atom stereocenters. The van der Waals surface area contributed by atoms with Crippen LogP contribution in [0.25, 0.3) is 6.08 Å². The van der Waals surface area contributed by atoms with Crippen LogP contribution < -0.4 is 10.4 Å². The fraction of sp³-hybridized carbons (Fsp3) is 0.167. The normalized spacial score (nSPS) is 15.3. The van der Waals surface area contributed by atoms with Crippen molar-refractivity contribution < 1.29 is 36.8 Å². The number of anilines is 1. The van der Waals surface area contributed by atoms with Gasteiger partial charge in [-0.2, -0.15) is 18.4 Å². The summed E-state index contributed by atoms with van der Waals surface area (Å²) >= 11 is 0. The van der Waals surface area contributed by atoms with Crippen LogP contribution in [0.2, 0.25) is 0 Å². The highest BCUT2D eigenvalue weighted by Gasteiger charge is 2.61. The largest absolute Gasteiger partial charge is 0.419 e. The van der Waals surface area contributed by atoms with Gasteiger partial charge in [0.15, 0.2) is 11.3 Å². The number of nitriles is 1. The summed E-state index contributed by atoms with van der Waals surface area (Å²) in [5.74, 6) is -2.11. The minimum Gasteiger partial charge on any atom is -0.305 e. The molecule has 1 N–H and O–H groups in total. The number of imide groups is 1. The number of hydroxylamine groups is 1. The molecule has 0 radical (unpaired) electrons. The standard InChI is InChI=1S/C42H31F4N5O4/c43-35-23-28(18-20-37(52)49-55-41(30-11-4-1-5-12-30,31-13-6-2-7-14-31)32-15-8-3-9-16-32)17-19-29(35)27-50-39(54)51(38(53)40(50)21-10-22-40)33-24-34(42(44,45)46)36(25-47)48-26-33/h1-9,11-20,23-24,26H,10,21-22,27H2,(H,49,52)/b20-18+. The molecule has 7 rings (SSSR count). The monoisotopic (exact) mass is 745 g/mol. The zero-order valence-corrected chi connectivity index (χ0v) is 29.0. The molecular formula is C42H31F4N5O4. The van der Waals surface area contributed by atoms with E-state index in [9.17, 15) is 27.6 Å². The summed E-state index contributed by atoms with van der Waals surface area (Å²) in [7, 11) is 0. The molecule has 4 aromatic carbocycles. The maximum atomic E-state index is 15.6. The second-order valence-electron chi connectivity index (χ2n) is 13.1. The number of benzene rings is 4. The lowest BCUT2D eigenvalue weighted by Gasteiger charge is -2.42. The topological polar surface area (TPSA) is 116 Å². The van der Waals surface area contributed by atoms with E-state index >= 15 is 4.39 Å². The fourth-order valence-electron chi connectivity index (χ4n) is 7.03. The van der Waals surface area contributed by atoms with Crippen LogP contribution in [0.3, 0.4) is 0 Å². The van der Waals surface area contributed by atoms with Gasteiger partial charge in [-0.25, -0.2) is 24.5 Å². The number of alkyl halides is 3.